The molecule has 0 aromatic heterocycles. The molecule has 0 atom stereocenters. The minimum Gasteiger partial charge on any atom is -0.406 e. The molecule has 0 aliphatic carbocycles. The van der Waals surface area contributed by atoms with Gasteiger partial charge in [0.15, 0.2) is 0 Å². The van der Waals surface area contributed by atoms with E-state index in [2.05, 4.69) is 46.8 Å². The van der Waals surface area contributed by atoms with Crippen LogP contribution in [0.2, 0.25) is 0 Å². The molecule has 0 radical (unpaired) electrons. The zero-order chi connectivity index (χ0) is 15.7. The fourth-order valence-electron chi connectivity index (χ4n) is 2.67. The van der Waals surface area contributed by atoms with Crippen LogP contribution in [0.25, 0.3) is 6.08 Å². The second-order valence-corrected chi connectivity index (χ2v) is 5.80. The lowest BCUT2D eigenvalue weighted by Gasteiger charge is -2.26. The standard InChI is InChI=1S/C20H24N2O/c1-3-8-18(9-4-1)10-7-15-21-19-11-13-20(14-12-19)23-22-16-5-2-6-17-22/h1,3-4,7-14,21H,2,5-6,15-17H2. The summed E-state index contributed by atoms with van der Waals surface area (Å²) in [6.07, 6.45) is 8.04. The first-order valence-electron chi connectivity index (χ1n) is 8.39. The molecule has 1 heterocycles. The SMILES string of the molecule is C(=Cc1ccccc1)CNc1ccc(ON2CCCCC2)cc1. The minimum atomic E-state index is 0.807. The summed E-state index contributed by atoms with van der Waals surface area (Å²) in [7, 11) is 0. The molecule has 2 aromatic carbocycles. The first-order valence-corrected chi connectivity index (χ1v) is 8.39. The smallest absolute Gasteiger partial charge is 0.147 e. The van der Waals surface area contributed by atoms with Gasteiger partial charge in [-0.15, -0.1) is 5.06 Å². The molecular formula is C20H24N2O. The van der Waals surface area contributed by atoms with E-state index in [0.717, 1.165) is 31.1 Å². The molecule has 3 heteroatoms. The molecule has 0 bridgehead atoms. The van der Waals surface area contributed by atoms with E-state index < -0.39 is 0 Å². The Morgan fingerprint density at radius 3 is 2.39 bits per heavy atom. The lowest BCUT2D eigenvalue weighted by molar-refractivity contribution is -0.0719. The van der Waals surface area contributed by atoms with E-state index in [-0.39, 0.29) is 0 Å². The average molecular weight is 308 g/mol. The molecule has 0 amide bonds. The first-order chi connectivity index (χ1) is 11.4. The number of anilines is 1. The van der Waals surface area contributed by atoms with Gasteiger partial charge in [-0.1, -0.05) is 48.9 Å². The second-order valence-electron chi connectivity index (χ2n) is 5.80. The van der Waals surface area contributed by atoms with Crippen LogP contribution in [0.1, 0.15) is 24.8 Å². The molecule has 3 rings (SSSR count). The van der Waals surface area contributed by atoms with Crippen LogP contribution in [0.15, 0.2) is 60.7 Å². The van der Waals surface area contributed by atoms with E-state index in [1.807, 2.05) is 30.3 Å². The Balaban J connectivity index is 1.45. The van der Waals surface area contributed by atoms with Crippen molar-refractivity contribution in [3.63, 3.8) is 0 Å². The molecule has 1 aliphatic heterocycles. The molecular weight excluding hydrogens is 284 g/mol. The van der Waals surface area contributed by atoms with E-state index in [9.17, 15) is 0 Å². The van der Waals surface area contributed by atoms with E-state index in [4.69, 9.17) is 4.84 Å². The number of hydrogen-bond donors (Lipinski definition) is 1. The fourth-order valence-corrected chi connectivity index (χ4v) is 2.67. The molecule has 1 aliphatic rings. The Bertz CT molecular complexity index is 601. The number of benzene rings is 2. The predicted octanol–water partition coefficient (Wildman–Crippen LogP) is 4.59. The number of rotatable bonds is 6. The van der Waals surface area contributed by atoms with Crippen molar-refractivity contribution in [1.82, 2.24) is 5.06 Å². The maximum Gasteiger partial charge on any atom is 0.147 e. The topological polar surface area (TPSA) is 24.5 Å². The van der Waals surface area contributed by atoms with Gasteiger partial charge in [0, 0.05) is 25.3 Å². The van der Waals surface area contributed by atoms with Crippen LogP contribution < -0.4 is 10.2 Å². The highest BCUT2D eigenvalue weighted by Gasteiger charge is 2.11. The summed E-state index contributed by atoms with van der Waals surface area (Å²) in [5.41, 5.74) is 2.33. The van der Waals surface area contributed by atoms with Crippen molar-refractivity contribution >= 4 is 11.8 Å². The summed E-state index contributed by atoms with van der Waals surface area (Å²) < 4.78 is 0. The highest BCUT2D eigenvalue weighted by atomic mass is 16.7. The summed E-state index contributed by atoms with van der Waals surface area (Å²) in [6.45, 7) is 2.87. The normalized spacial score (nSPS) is 15.7. The average Bonchev–Trinajstić information content (AvgIpc) is 2.62. The van der Waals surface area contributed by atoms with Crippen molar-refractivity contribution < 1.29 is 4.84 Å². The summed E-state index contributed by atoms with van der Waals surface area (Å²) in [4.78, 5) is 5.89. The Labute approximate surface area is 138 Å². The van der Waals surface area contributed by atoms with Crippen molar-refractivity contribution in [2.45, 2.75) is 19.3 Å². The number of nitrogens with one attached hydrogen (secondary N) is 1. The zero-order valence-corrected chi connectivity index (χ0v) is 13.4. The van der Waals surface area contributed by atoms with E-state index >= 15 is 0 Å². The van der Waals surface area contributed by atoms with Gasteiger partial charge in [-0.3, -0.25) is 0 Å². The lowest BCUT2D eigenvalue weighted by atomic mass is 10.2. The number of nitrogens with zero attached hydrogens (tertiary/aromatic N) is 1. The molecule has 0 saturated carbocycles. The van der Waals surface area contributed by atoms with Gasteiger partial charge in [0.1, 0.15) is 5.75 Å². The van der Waals surface area contributed by atoms with Gasteiger partial charge >= 0.3 is 0 Å². The molecule has 0 spiro atoms. The third kappa shape index (κ3) is 5.15. The molecule has 0 unspecified atom stereocenters. The Morgan fingerprint density at radius 1 is 0.913 bits per heavy atom. The zero-order valence-electron chi connectivity index (χ0n) is 13.4. The van der Waals surface area contributed by atoms with Crippen LogP contribution in [-0.4, -0.2) is 24.7 Å². The van der Waals surface area contributed by atoms with Gasteiger partial charge in [-0.05, 0) is 42.7 Å². The van der Waals surface area contributed by atoms with Crippen LogP contribution in [-0.2, 0) is 0 Å². The van der Waals surface area contributed by atoms with E-state index in [1.165, 1.54) is 24.8 Å². The maximum absolute atomic E-state index is 5.89. The van der Waals surface area contributed by atoms with E-state index in [0.29, 0.717) is 0 Å². The second kappa shape index (κ2) is 8.39. The number of piperidine rings is 1. The van der Waals surface area contributed by atoms with Gasteiger partial charge < -0.3 is 10.2 Å². The summed E-state index contributed by atoms with van der Waals surface area (Å²) >= 11 is 0. The Morgan fingerprint density at radius 2 is 1.65 bits per heavy atom. The number of hydroxylamine groups is 2. The highest BCUT2D eigenvalue weighted by Crippen LogP contribution is 2.18. The molecule has 2 aromatic rings. The van der Waals surface area contributed by atoms with Crippen LogP contribution in [0.5, 0.6) is 5.75 Å². The molecule has 1 N–H and O–H groups in total. The fraction of sp³-hybridized carbons (Fsp3) is 0.300. The van der Waals surface area contributed by atoms with Crippen LogP contribution in [0.3, 0.4) is 0 Å². The Kier molecular flexibility index (Phi) is 5.70. The largest absolute Gasteiger partial charge is 0.406 e. The molecule has 1 saturated heterocycles. The summed E-state index contributed by atoms with van der Waals surface area (Å²) in [5, 5.41) is 5.45. The molecule has 120 valence electrons. The van der Waals surface area contributed by atoms with Crippen molar-refractivity contribution in [2.75, 3.05) is 25.0 Å². The Hall–Kier alpha value is -2.26. The van der Waals surface area contributed by atoms with Crippen molar-refractivity contribution in [3.05, 3.63) is 66.2 Å². The molecule has 3 nitrogen and oxygen atoms in total. The van der Waals surface area contributed by atoms with Crippen molar-refractivity contribution in [2.24, 2.45) is 0 Å². The predicted molar refractivity (Wildman–Crippen MR) is 96.5 cm³/mol. The van der Waals surface area contributed by atoms with Crippen molar-refractivity contribution in [3.8, 4) is 5.75 Å². The van der Waals surface area contributed by atoms with Gasteiger partial charge in [0.2, 0.25) is 0 Å². The quantitative estimate of drug-likeness (QED) is 0.844. The highest BCUT2D eigenvalue weighted by molar-refractivity contribution is 5.51. The van der Waals surface area contributed by atoms with Gasteiger partial charge in [-0.2, -0.15) is 0 Å². The third-order valence-corrected chi connectivity index (χ3v) is 3.94. The molecule has 1 fully saturated rings. The van der Waals surface area contributed by atoms with Crippen LogP contribution in [0.4, 0.5) is 5.69 Å². The number of hydrogen-bond acceptors (Lipinski definition) is 3. The van der Waals surface area contributed by atoms with Crippen LogP contribution in [0, 0.1) is 0 Å². The van der Waals surface area contributed by atoms with Crippen LogP contribution >= 0.6 is 0 Å². The summed E-state index contributed by atoms with van der Waals surface area (Å²) in [6, 6.07) is 18.5. The van der Waals surface area contributed by atoms with E-state index in [1.54, 1.807) is 0 Å². The first kappa shape index (κ1) is 15.6. The monoisotopic (exact) mass is 308 g/mol. The van der Waals surface area contributed by atoms with Gasteiger partial charge in [-0.25, -0.2) is 0 Å². The van der Waals surface area contributed by atoms with Gasteiger partial charge in [0.25, 0.3) is 0 Å². The minimum absolute atomic E-state index is 0.807. The third-order valence-electron chi connectivity index (χ3n) is 3.94. The van der Waals surface area contributed by atoms with Crippen molar-refractivity contribution in [1.29, 1.82) is 0 Å². The van der Waals surface area contributed by atoms with Gasteiger partial charge in [0.05, 0.1) is 0 Å². The lowest BCUT2D eigenvalue weighted by Crippen LogP contribution is -2.32. The summed E-state index contributed by atoms with van der Waals surface area (Å²) in [5.74, 6) is 0.914. The maximum atomic E-state index is 5.89. The molecule has 23 heavy (non-hydrogen) atoms.